The fourth-order valence-corrected chi connectivity index (χ4v) is 3.99. The summed E-state index contributed by atoms with van der Waals surface area (Å²) in [5.74, 6) is 3.03. The Bertz CT molecular complexity index is 607. The van der Waals surface area contributed by atoms with Gasteiger partial charge in [0.25, 0.3) is 0 Å². The van der Waals surface area contributed by atoms with Gasteiger partial charge in [-0.05, 0) is 31.4 Å². The Morgan fingerprint density at radius 1 is 1.36 bits per heavy atom. The van der Waals surface area contributed by atoms with Crippen molar-refractivity contribution in [3.8, 4) is 6.07 Å². The van der Waals surface area contributed by atoms with E-state index < -0.39 is 0 Å². The lowest BCUT2D eigenvalue weighted by Crippen LogP contribution is -2.48. The van der Waals surface area contributed by atoms with Crippen molar-refractivity contribution >= 4 is 23.5 Å². The lowest BCUT2D eigenvalue weighted by molar-refractivity contribution is -0.132. The fraction of sp³-hybridized carbons (Fsp3) is 0.562. The number of pyridine rings is 1. The van der Waals surface area contributed by atoms with Gasteiger partial charge in [-0.3, -0.25) is 4.79 Å². The molecule has 2 aliphatic heterocycles. The van der Waals surface area contributed by atoms with Crippen molar-refractivity contribution in [3.05, 3.63) is 23.4 Å². The Morgan fingerprint density at radius 2 is 2.14 bits per heavy atom. The summed E-state index contributed by atoms with van der Waals surface area (Å²) in [6.45, 7) is 4.41. The van der Waals surface area contributed by atoms with Crippen LogP contribution in [-0.2, 0) is 4.79 Å². The summed E-state index contributed by atoms with van der Waals surface area (Å²) < 4.78 is 0. The SMILES string of the molecule is Cc1ccc(N2CCCC2C(=O)N2CCSCC2)nc1C#N. The van der Waals surface area contributed by atoms with E-state index in [2.05, 4.69) is 16.0 Å². The van der Waals surface area contributed by atoms with Crippen LogP contribution in [0.1, 0.15) is 24.1 Å². The molecule has 3 rings (SSSR count). The molecule has 0 bridgehead atoms. The number of hydrogen-bond donors (Lipinski definition) is 0. The zero-order chi connectivity index (χ0) is 15.5. The van der Waals surface area contributed by atoms with Gasteiger partial charge in [0.2, 0.25) is 5.91 Å². The van der Waals surface area contributed by atoms with Crippen molar-refractivity contribution in [2.75, 3.05) is 36.0 Å². The maximum atomic E-state index is 12.8. The van der Waals surface area contributed by atoms with Crippen LogP contribution in [0.2, 0.25) is 0 Å². The number of nitrogens with zero attached hydrogens (tertiary/aromatic N) is 4. The smallest absolute Gasteiger partial charge is 0.245 e. The minimum atomic E-state index is -0.121. The summed E-state index contributed by atoms with van der Waals surface area (Å²) in [4.78, 5) is 21.3. The summed E-state index contributed by atoms with van der Waals surface area (Å²) in [7, 11) is 0. The van der Waals surface area contributed by atoms with Gasteiger partial charge in [-0.1, -0.05) is 6.07 Å². The number of aryl methyl sites for hydroxylation is 1. The number of nitriles is 1. The standard InChI is InChI=1S/C16H20N4OS/c1-12-4-5-15(18-13(12)11-17)20-6-2-3-14(20)16(21)19-7-9-22-10-8-19/h4-5,14H,2-3,6-10H2,1H3. The number of hydrogen-bond acceptors (Lipinski definition) is 5. The van der Waals surface area contributed by atoms with E-state index in [0.717, 1.165) is 55.4 Å². The van der Waals surface area contributed by atoms with E-state index in [4.69, 9.17) is 5.26 Å². The van der Waals surface area contributed by atoms with Crippen LogP contribution in [0.25, 0.3) is 0 Å². The third-order valence-electron chi connectivity index (χ3n) is 4.34. The quantitative estimate of drug-likeness (QED) is 0.833. The van der Waals surface area contributed by atoms with Crippen LogP contribution in [0.3, 0.4) is 0 Å². The number of rotatable bonds is 2. The predicted molar refractivity (Wildman–Crippen MR) is 88.0 cm³/mol. The summed E-state index contributed by atoms with van der Waals surface area (Å²) >= 11 is 1.91. The van der Waals surface area contributed by atoms with Gasteiger partial charge in [0.15, 0.2) is 0 Å². The minimum absolute atomic E-state index is 0.121. The molecule has 1 amide bonds. The minimum Gasteiger partial charge on any atom is -0.345 e. The van der Waals surface area contributed by atoms with Gasteiger partial charge in [0.1, 0.15) is 23.6 Å². The number of thioether (sulfide) groups is 1. The molecular weight excluding hydrogens is 296 g/mol. The van der Waals surface area contributed by atoms with Crippen LogP contribution in [0.5, 0.6) is 0 Å². The van der Waals surface area contributed by atoms with Crippen LogP contribution < -0.4 is 4.90 Å². The number of carbonyl (C=O) groups is 1. The van der Waals surface area contributed by atoms with Gasteiger partial charge in [-0.25, -0.2) is 4.98 Å². The molecule has 1 atom stereocenters. The van der Waals surface area contributed by atoms with Crippen molar-refractivity contribution in [1.82, 2.24) is 9.88 Å². The van der Waals surface area contributed by atoms with Crippen LogP contribution in [-0.4, -0.2) is 53.0 Å². The van der Waals surface area contributed by atoms with Gasteiger partial charge in [0.05, 0.1) is 0 Å². The molecule has 2 aliphatic rings. The monoisotopic (exact) mass is 316 g/mol. The molecule has 1 unspecified atom stereocenters. The zero-order valence-corrected chi connectivity index (χ0v) is 13.6. The van der Waals surface area contributed by atoms with E-state index in [1.807, 2.05) is 35.7 Å². The van der Waals surface area contributed by atoms with Gasteiger partial charge in [-0.2, -0.15) is 17.0 Å². The summed E-state index contributed by atoms with van der Waals surface area (Å²) in [5.41, 5.74) is 1.33. The van der Waals surface area contributed by atoms with Crippen LogP contribution >= 0.6 is 11.8 Å². The average molecular weight is 316 g/mol. The number of carbonyl (C=O) groups excluding carboxylic acids is 1. The van der Waals surface area contributed by atoms with E-state index in [9.17, 15) is 4.79 Å². The molecule has 0 N–H and O–H groups in total. The molecule has 1 aromatic rings. The first-order valence-electron chi connectivity index (χ1n) is 7.71. The maximum absolute atomic E-state index is 12.8. The molecule has 5 nitrogen and oxygen atoms in total. The van der Waals surface area contributed by atoms with E-state index in [-0.39, 0.29) is 11.9 Å². The van der Waals surface area contributed by atoms with Gasteiger partial charge in [0, 0.05) is 31.1 Å². The highest BCUT2D eigenvalue weighted by Crippen LogP contribution is 2.27. The number of anilines is 1. The summed E-state index contributed by atoms with van der Waals surface area (Å²) in [5, 5.41) is 9.16. The van der Waals surface area contributed by atoms with Crippen LogP contribution in [0.15, 0.2) is 12.1 Å². The van der Waals surface area contributed by atoms with E-state index in [1.54, 1.807) is 0 Å². The molecule has 0 aliphatic carbocycles. The van der Waals surface area contributed by atoms with Gasteiger partial charge < -0.3 is 9.80 Å². The predicted octanol–water partition coefficient (Wildman–Crippen LogP) is 1.81. The average Bonchev–Trinajstić information content (AvgIpc) is 3.05. The number of amides is 1. The first-order valence-corrected chi connectivity index (χ1v) is 8.87. The van der Waals surface area contributed by atoms with Crippen molar-refractivity contribution < 1.29 is 4.79 Å². The summed E-state index contributed by atoms with van der Waals surface area (Å²) in [6.07, 6.45) is 1.87. The normalized spacial score (nSPS) is 21.7. The second-order valence-electron chi connectivity index (χ2n) is 5.74. The van der Waals surface area contributed by atoms with E-state index >= 15 is 0 Å². The lowest BCUT2D eigenvalue weighted by Gasteiger charge is -2.33. The molecule has 3 heterocycles. The molecule has 1 aromatic heterocycles. The molecule has 0 saturated carbocycles. The molecule has 0 radical (unpaired) electrons. The molecule has 22 heavy (non-hydrogen) atoms. The fourth-order valence-electron chi connectivity index (χ4n) is 3.08. The zero-order valence-electron chi connectivity index (χ0n) is 12.8. The molecule has 2 fully saturated rings. The highest BCUT2D eigenvalue weighted by molar-refractivity contribution is 7.99. The highest BCUT2D eigenvalue weighted by Gasteiger charge is 2.35. The molecular formula is C16H20N4OS. The van der Waals surface area contributed by atoms with Crippen molar-refractivity contribution in [2.24, 2.45) is 0 Å². The molecule has 0 spiro atoms. The largest absolute Gasteiger partial charge is 0.345 e. The third kappa shape index (κ3) is 2.91. The second-order valence-corrected chi connectivity index (χ2v) is 6.96. The molecule has 2 saturated heterocycles. The van der Waals surface area contributed by atoms with Gasteiger partial charge in [-0.15, -0.1) is 0 Å². The number of aromatic nitrogens is 1. The van der Waals surface area contributed by atoms with Gasteiger partial charge >= 0.3 is 0 Å². The van der Waals surface area contributed by atoms with E-state index in [0.29, 0.717) is 5.69 Å². The summed E-state index contributed by atoms with van der Waals surface area (Å²) in [6, 6.07) is 5.85. The van der Waals surface area contributed by atoms with Crippen molar-refractivity contribution in [1.29, 1.82) is 5.26 Å². The Hall–Kier alpha value is -1.74. The lowest BCUT2D eigenvalue weighted by atomic mass is 10.1. The third-order valence-corrected chi connectivity index (χ3v) is 5.29. The Balaban J connectivity index is 1.81. The van der Waals surface area contributed by atoms with Crippen LogP contribution in [0, 0.1) is 18.3 Å². The van der Waals surface area contributed by atoms with Crippen LogP contribution in [0.4, 0.5) is 5.82 Å². The van der Waals surface area contributed by atoms with Crippen molar-refractivity contribution in [2.45, 2.75) is 25.8 Å². The van der Waals surface area contributed by atoms with E-state index in [1.165, 1.54) is 0 Å². The molecule has 0 aromatic carbocycles. The Labute approximate surface area is 135 Å². The Morgan fingerprint density at radius 3 is 2.86 bits per heavy atom. The highest BCUT2D eigenvalue weighted by atomic mass is 32.2. The topological polar surface area (TPSA) is 60.2 Å². The Kier molecular flexibility index (Phi) is 4.53. The molecule has 6 heteroatoms. The second kappa shape index (κ2) is 6.57. The first kappa shape index (κ1) is 15.2. The molecule has 116 valence electrons. The van der Waals surface area contributed by atoms with Crippen molar-refractivity contribution in [3.63, 3.8) is 0 Å². The first-order chi connectivity index (χ1) is 10.7. The maximum Gasteiger partial charge on any atom is 0.245 e.